The predicted molar refractivity (Wildman–Crippen MR) is 72.2 cm³/mol. The lowest BCUT2D eigenvalue weighted by Crippen LogP contribution is -2.01. The highest BCUT2D eigenvalue weighted by molar-refractivity contribution is 7.99. The summed E-state index contributed by atoms with van der Waals surface area (Å²) in [5, 5.41) is 0.593. The van der Waals surface area contributed by atoms with E-state index in [4.69, 9.17) is 0 Å². The smallest absolute Gasteiger partial charge is 0.305 e. The Labute approximate surface area is 108 Å². The average molecular weight is 252 g/mol. The zero-order valence-corrected chi connectivity index (χ0v) is 11.3. The fraction of sp³-hybridized carbons (Fsp3) is 0.500. The van der Waals surface area contributed by atoms with Crippen molar-refractivity contribution in [3.05, 3.63) is 30.3 Å². The van der Waals surface area contributed by atoms with Crippen LogP contribution in [0.4, 0.5) is 0 Å². The average Bonchev–Trinajstić information content (AvgIpc) is 2.35. The summed E-state index contributed by atoms with van der Waals surface area (Å²) in [5.41, 5.74) is 0. The van der Waals surface area contributed by atoms with E-state index in [2.05, 4.69) is 35.9 Å². The van der Waals surface area contributed by atoms with Crippen LogP contribution in [-0.2, 0) is 9.53 Å². The number of ether oxygens (including phenoxy) is 1. The molecule has 3 heteroatoms. The third kappa shape index (κ3) is 6.37. The van der Waals surface area contributed by atoms with Crippen LogP contribution < -0.4 is 0 Å². The zero-order valence-electron chi connectivity index (χ0n) is 10.5. The first-order chi connectivity index (χ1) is 8.22. The highest BCUT2D eigenvalue weighted by atomic mass is 32.2. The van der Waals surface area contributed by atoms with E-state index in [0.717, 1.165) is 19.3 Å². The Morgan fingerprint density at radius 2 is 2.00 bits per heavy atom. The summed E-state index contributed by atoms with van der Waals surface area (Å²) in [7, 11) is 1.44. The van der Waals surface area contributed by atoms with Crippen molar-refractivity contribution in [1.82, 2.24) is 0 Å². The molecule has 0 saturated heterocycles. The molecule has 94 valence electrons. The van der Waals surface area contributed by atoms with Crippen molar-refractivity contribution in [2.45, 2.75) is 42.8 Å². The molecule has 0 aliphatic rings. The van der Waals surface area contributed by atoms with Gasteiger partial charge >= 0.3 is 5.97 Å². The van der Waals surface area contributed by atoms with Gasteiger partial charge in [-0.05, 0) is 25.0 Å². The molecule has 0 amide bonds. The first-order valence-corrected chi connectivity index (χ1v) is 6.89. The Kier molecular flexibility index (Phi) is 6.78. The highest BCUT2D eigenvalue weighted by Gasteiger charge is 2.05. The van der Waals surface area contributed by atoms with Gasteiger partial charge < -0.3 is 4.74 Å². The third-order valence-corrected chi connectivity index (χ3v) is 3.73. The molecule has 1 atom stereocenters. The summed E-state index contributed by atoms with van der Waals surface area (Å²) in [6.45, 7) is 2.23. The van der Waals surface area contributed by atoms with Crippen molar-refractivity contribution < 1.29 is 9.53 Å². The van der Waals surface area contributed by atoms with Crippen LogP contribution in [0.2, 0.25) is 0 Å². The summed E-state index contributed by atoms with van der Waals surface area (Å²) in [4.78, 5) is 12.2. The quantitative estimate of drug-likeness (QED) is 0.418. The topological polar surface area (TPSA) is 26.3 Å². The van der Waals surface area contributed by atoms with E-state index in [-0.39, 0.29) is 5.97 Å². The maximum Gasteiger partial charge on any atom is 0.305 e. The number of methoxy groups -OCH3 is 1. The lowest BCUT2D eigenvalue weighted by molar-refractivity contribution is -0.140. The third-order valence-electron chi connectivity index (χ3n) is 2.55. The summed E-state index contributed by atoms with van der Waals surface area (Å²) in [6, 6.07) is 10.4. The summed E-state index contributed by atoms with van der Waals surface area (Å²) >= 11 is 1.89. The molecule has 0 aliphatic heterocycles. The Morgan fingerprint density at radius 1 is 1.29 bits per heavy atom. The summed E-state index contributed by atoms with van der Waals surface area (Å²) in [6.07, 6.45) is 3.68. The number of rotatable bonds is 7. The SMILES string of the molecule is COC(=O)CCCCC(C)Sc1ccccc1. The van der Waals surface area contributed by atoms with Crippen LogP contribution >= 0.6 is 11.8 Å². The first kappa shape index (κ1) is 14.1. The molecule has 0 saturated carbocycles. The minimum absolute atomic E-state index is 0.103. The van der Waals surface area contributed by atoms with E-state index in [9.17, 15) is 4.79 Å². The van der Waals surface area contributed by atoms with E-state index in [1.165, 1.54) is 12.0 Å². The molecule has 0 aliphatic carbocycles. The second kappa shape index (κ2) is 8.18. The van der Waals surface area contributed by atoms with Crippen LogP contribution in [0.25, 0.3) is 0 Å². The van der Waals surface area contributed by atoms with Crippen LogP contribution in [0.3, 0.4) is 0 Å². The fourth-order valence-corrected chi connectivity index (χ4v) is 2.66. The van der Waals surface area contributed by atoms with Crippen molar-refractivity contribution in [2.75, 3.05) is 7.11 Å². The summed E-state index contributed by atoms with van der Waals surface area (Å²) < 4.78 is 4.61. The molecule has 0 bridgehead atoms. The molecule has 1 unspecified atom stereocenters. The van der Waals surface area contributed by atoms with E-state index in [1.807, 2.05) is 17.8 Å². The minimum Gasteiger partial charge on any atom is -0.469 e. The maximum absolute atomic E-state index is 10.9. The van der Waals surface area contributed by atoms with Gasteiger partial charge in [-0.3, -0.25) is 4.79 Å². The second-order valence-corrected chi connectivity index (χ2v) is 5.58. The van der Waals surface area contributed by atoms with E-state index in [1.54, 1.807) is 0 Å². The molecule has 17 heavy (non-hydrogen) atoms. The minimum atomic E-state index is -0.103. The van der Waals surface area contributed by atoms with Crippen molar-refractivity contribution in [3.8, 4) is 0 Å². The van der Waals surface area contributed by atoms with Gasteiger partial charge in [-0.2, -0.15) is 0 Å². The number of hydrogen-bond donors (Lipinski definition) is 0. The van der Waals surface area contributed by atoms with Gasteiger partial charge in [-0.1, -0.05) is 31.5 Å². The zero-order chi connectivity index (χ0) is 12.5. The highest BCUT2D eigenvalue weighted by Crippen LogP contribution is 2.25. The lowest BCUT2D eigenvalue weighted by atomic mass is 10.1. The Bertz CT molecular complexity index is 324. The van der Waals surface area contributed by atoms with Crippen LogP contribution in [0.1, 0.15) is 32.6 Å². The number of carbonyl (C=O) groups excluding carboxylic acids is 1. The van der Waals surface area contributed by atoms with Gasteiger partial charge in [0.05, 0.1) is 7.11 Å². The molecule has 2 nitrogen and oxygen atoms in total. The molecule has 0 spiro atoms. The molecule has 0 heterocycles. The largest absolute Gasteiger partial charge is 0.469 e. The maximum atomic E-state index is 10.9. The van der Waals surface area contributed by atoms with Crippen molar-refractivity contribution in [3.63, 3.8) is 0 Å². The van der Waals surface area contributed by atoms with Crippen molar-refractivity contribution >= 4 is 17.7 Å². The van der Waals surface area contributed by atoms with Crippen LogP contribution in [0.5, 0.6) is 0 Å². The van der Waals surface area contributed by atoms with Crippen LogP contribution in [0.15, 0.2) is 35.2 Å². The Morgan fingerprint density at radius 3 is 2.65 bits per heavy atom. The van der Waals surface area contributed by atoms with Gasteiger partial charge in [0.2, 0.25) is 0 Å². The first-order valence-electron chi connectivity index (χ1n) is 6.01. The molecular formula is C14H20O2S. The molecule has 1 rings (SSSR count). The van der Waals surface area contributed by atoms with Gasteiger partial charge in [0.15, 0.2) is 0 Å². The molecule has 0 radical (unpaired) electrons. The Balaban J connectivity index is 2.13. The number of carbonyl (C=O) groups is 1. The lowest BCUT2D eigenvalue weighted by Gasteiger charge is -2.10. The molecule has 0 N–H and O–H groups in total. The number of esters is 1. The van der Waals surface area contributed by atoms with Gasteiger partial charge in [-0.25, -0.2) is 0 Å². The number of unbranched alkanes of at least 4 members (excludes halogenated alkanes) is 1. The molecular weight excluding hydrogens is 232 g/mol. The number of benzene rings is 1. The van der Waals surface area contributed by atoms with Crippen molar-refractivity contribution in [1.29, 1.82) is 0 Å². The van der Waals surface area contributed by atoms with Gasteiger partial charge in [0, 0.05) is 16.6 Å². The number of hydrogen-bond acceptors (Lipinski definition) is 3. The second-order valence-electron chi connectivity index (χ2n) is 4.06. The van der Waals surface area contributed by atoms with Gasteiger partial charge in [0.1, 0.15) is 0 Å². The van der Waals surface area contributed by atoms with Gasteiger partial charge in [-0.15, -0.1) is 11.8 Å². The fourth-order valence-electron chi connectivity index (χ4n) is 1.59. The molecule has 1 aromatic rings. The standard InChI is InChI=1S/C14H20O2S/c1-12(8-6-7-11-14(15)16-2)17-13-9-4-3-5-10-13/h3-5,9-10,12H,6-8,11H2,1-2H3. The predicted octanol–water partition coefficient (Wildman–Crippen LogP) is 3.90. The molecule has 0 fully saturated rings. The molecule has 1 aromatic carbocycles. The van der Waals surface area contributed by atoms with E-state index < -0.39 is 0 Å². The van der Waals surface area contributed by atoms with Crippen LogP contribution in [-0.4, -0.2) is 18.3 Å². The normalized spacial score (nSPS) is 12.1. The summed E-state index contributed by atoms with van der Waals surface area (Å²) in [5.74, 6) is -0.103. The molecule has 0 aromatic heterocycles. The van der Waals surface area contributed by atoms with Gasteiger partial charge in [0.25, 0.3) is 0 Å². The van der Waals surface area contributed by atoms with Crippen molar-refractivity contribution in [2.24, 2.45) is 0 Å². The van der Waals surface area contributed by atoms with E-state index >= 15 is 0 Å². The van der Waals surface area contributed by atoms with E-state index in [0.29, 0.717) is 11.7 Å². The monoisotopic (exact) mass is 252 g/mol. The Hall–Kier alpha value is -0.960. The van der Waals surface area contributed by atoms with Crippen LogP contribution in [0, 0.1) is 0 Å². The number of thioether (sulfide) groups is 1.